The molecule has 0 saturated carbocycles. The van der Waals surface area contributed by atoms with Crippen LogP contribution in [0.25, 0.3) is 0 Å². The van der Waals surface area contributed by atoms with Crippen LogP contribution in [0.2, 0.25) is 0 Å². The third-order valence-corrected chi connectivity index (χ3v) is 6.17. The SMILES string of the molecule is C=CCOc1ccc(C2=NN3[C@H](C2)c2cc(Br)ccc2O[C@H]3c2cccc([N+](=O)[O-])c2)cc1. The minimum absolute atomic E-state index is 0.0211. The molecule has 0 spiro atoms. The third-order valence-electron chi connectivity index (χ3n) is 5.67. The zero-order valence-corrected chi connectivity index (χ0v) is 19.1. The van der Waals surface area contributed by atoms with Crippen LogP contribution in [0.15, 0.2) is 89.0 Å². The van der Waals surface area contributed by atoms with Crippen LogP contribution < -0.4 is 9.47 Å². The molecule has 0 saturated heterocycles. The van der Waals surface area contributed by atoms with Gasteiger partial charge in [-0.25, -0.2) is 5.01 Å². The summed E-state index contributed by atoms with van der Waals surface area (Å²) in [4.78, 5) is 10.9. The molecule has 0 aromatic heterocycles. The molecule has 0 bridgehead atoms. The quantitative estimate of drug-likeness (QED) is 0.227. The Balaban J connectivity index is 1.53. The number of rotatable bonds is 6. The van der Waals surface area contributed by atoms with E-state index in [0.29, 0.717) is 18.6 Å². The van der Waals surface area contributed by atoms with Gasteiger partial charge in [0.2, 0.25) is 6.23 Å². The van der Waals surface area contributed by atoms with E-state index in [-0.39, 0.29) is 11.7 Å². The fourth-order valence-electron chi connectivity index (χ4n) is 4.14. The van der Waals surface area contributed by atoms with Crippen LogP contribution in [0.5, 0.6) is 11.5 Å². The Morgan fingerprint density at radius 1 is 1.21 bits per heavy atom. The summed E-state index contributed by atoms with van der Waals surface area (Å²) in [5, 5.41) is 18.2. The van der Waals surface area contributed by atoms with Gasteiger partial charge in [-0.2, -0.15) is 5.10 Å². The van der Waals surface area contributed by atoms with E-state index in [1.54, 1.807) is 18.2 Å². The summed E-state index contributed by atoms with van der Waals surface area (Å²) in [6.45, 7) is 4.12. The van der Waals surface area contributed by atoms with Crippen LogP contribution in [0.4, 0.5) is 5.69 Å². The molecule has 33 heavy (non-hydrogen) atoms. The predicted molar refractivity (Wildman–Crippen MR) is 128 cm³/mol. The molecule has 2 heterocycles. The van der Waals surface area contributed by atoms with Gasteiger partial charge in [-0.1, -0.05) is 40.7 Å². The minimum Gasteiger partial charge on any atom is -0.490 e. The largest absolute Gasteiger partial charge is 0.490 e. The summed E-state index contributed by atoms with van der Waals surface area (Å²) in [5.41, 5.74) is 3.64. The first-order valence-electron chi connectivity index (χ1n) is 10.4. The van der Waals surface area contributed by atoms with E-state index in [0.717, 1.165) is 32.8 Å². The molecule has 2 aliphatic heterocycles. The van der Waals surface area contributed by atoms with E-state index in [4.69, 9.17) is 14.6 Å². The van der Waals surface area contributed by atoms with Crippen LogP contribution >= 0.6 is 15.9 Å². The van der Waals surface area contributed by atoms with Crippen LogP contribution in [0, 0.1) is 10.1 Å². The molecule has 0 fully saturated rings. The highest BCUT2D eigenvalue weighted by molar-refractivity contribution is 9.10. The fraction of sp³-hybridized carbons (Fsp3) is 0.160. The van der Waals surface area contributed by atoms with Crippen molar-refractivity contribution in [3.8, 4) is 11.5 Å². The maximum Gasteiger partial charge on any atom is 0.269 e. The van der Waals surface area contributed by atoms with Gasteiger partial charge in [0.1, 0.15) is 18.1 Å². The molecule has 3 aromatic carbocycles. The molecular weight excluding hydrogens is 486 g/mol. The van der Waals surface area contributed by atoms with Gasteiger partial charge in [0.15, 0.2) is 0 Å². The first kappa shape index (κ1) is 21.2. The lowest BCUT2D eigenvalue weighted by atomic mass is 9.96. The average Bonchev–Trinajstić information content (AvgIpc) is 3.28. The molecule has 5 rings (SSSR count). The van der Waals surface area contributed by atoms with Gasteiger partial charge >= 0.3 is 0 Å². The van der Waals surface area contributed by atoms with Crippen molar-refractivity contribution in [1.29, 1.82) is 0 Å². The molecule has 0 radical (unpaired) electrons. The van der Waals surface area contributed by atoms with E-state index in [1.165, 1.54) is 6.07 Å². The van der Waals surface area contributed by atoms with Gasteiger partial charge in [0, 0.05) is 34.2 Å². The highest BCUT2D eigenvalue weighted by Gasteiger charge is 2.41. The Morgan fingerprint density at radius 3 is 2.79 bits per heavy atom. The predicted octanol–water partition coefficient (Wildman–Crippen LogP) is 6.16. The first-order chi connectivity index (χ1) is 16.0. The lowest BCUT2D eigenvalue weighted by Gasteiger charge is -2.38. The Kier molecular flexibility index (Phi) is 5.60. The normalized spacial score (nSPS) is 18.6. The summed E-state index contributed by atoms with van der Waals surface area (Å²) in [6.07, 6.45) is 1.82. The van der Waals surface area contributed by atoms with Crippen molar-refractivity contribution in [2.45, 2.75) is 18.7 Å². The Hall–Kier alpha value is -3.65. The van der Waals surface area contributed by atoms with Crippen molar-refractivity contribution < 1.29 is 14.4 Å². The van der Waals surface area contributed by atoms with E-state index in [1.807, 2.05) is 53.5 Å². The van der Waals surface area contributed by atoms with E-state index >= 15 is 0 Å². The Morgan fingerprint density at radius 2 is 2.03 bits per heavy atom. The zero-order valence-electron chi connectivity index (χ0n) is 17.6. The molecular formula is C25H20BrN3O4. The molecule has 0 N–H and O–H groups in total. The van der Waals surface area contributed by atoms with Crippen LogP contribution in [0.3, 0.4) is 0 Å². The van der Waals surface area contributed by atoms with E-state index in [2.05, 4.69) is 22.5 Å². The van der Waals surface area contributed by atoms with Crippen LogP contribution in [-0.2, 0) is 0 Å². The topological polar surface area (TPSA) is 77.2 Å². The highest BCUT2D eigenvalue weighted by atomic mass is 79.9. The average molecular weight is 506 g/mol. The Labute approximate surface area is 199 Å². The number of hydrogen-bond donors (Lipinski definition) is 0. The maximum absolute atomic E-state index is 11.3. The van der Waals surface area contributed by atoms with Gasteiger partial charge in [-0.15, -0.1) is 0 Å². The summed E-state index contributed by atoms with van der Waals surface area (Å²) in [7, 11) is 0. The van der Waals surface area contributed by atoms with Gasteiger partial charge in [0.05, 0.1) is 16.7 Å². The molecule has 2 aliphatic rings. The van der Waals surface area contributed by atoms with Crippen molar-refractivity contribution in [2.24, 2.45) is 5.10 Å². The number of nitro groups is 1. The zero-order chi connectivity index (χ0) is 22.9. The van der Waals surface area contributed by atoms with Gasteiger partial charge in [-0.05, 0) is 48.0 Å². The van der Waals surface area contributed by atoms with Gasteiger partial charge in [0.25, 0.3) is 5.69 Å². The van der Waals surface area contributed by atoms with E-state index < -0.39 is 11.2 Å². The number of hydrogen-bond acceptors (Lipinski definition) is 6. The standard InChI is InChI=1S/C25H20BrN3O4/c1-2-12-32-20-9-6-16(7-10-20)22-15-23-21-14-18(26)8-11-24(21)33-25(28(23)27-22)17-4-3-5-19(13-17)29(30)31/h2-11,13-14,23,25H,1,12,15H2/t23-,25+/m1/s1. The fourth-order valence-corrected chi connectivity index (χ4v) is 4.52. The van der Waals surface area contributed by atoms with Gasteiger partial charge < -0.3 is 9.47 Å². The highest BCUT2D eigenvalue weighted by Crippen LogP contribution is 2.48. The summed E-state index contributed by atoms with van der Waals surface area (Å²) in [6, 6.07) is 20.2. The summed E-state index contributed by atoms with van der Waals surface area (Å²) < 4.78 is 12.9. The molecule has 0 unspecified atom stereocenters. The Bertz CT molecular complexity index is 1260. The van der Waals surface area contributed by atoms with E-state index in [9.17, 15) is 10.1 Å². The second-order valence-corrected chi connectivity index (χ2v) is 8.69. The summed E-state index contributed by atoms with van der Waals surface area (Å²) in [5.74, 6) is 1.52. The number of benzene rings is 3. The van der Waals surface area contributed by atoms with Crippen molar-refractivity contribution >= 4 is 27.3 Å². The molecule has 8 heteroatoms. The number of ether oxygens (including phenoxy) is 2. The monoisotopic (exact) mass is 505 g/mol. The smallest absolute Gasteiger partial charge is 0.269 e. The molecule has 7 nitrogen and oxygen atoms in total. The van der Waals surface area contributed by atoms with Crippen molar-refractivity contribution in [1.82, 2.24) is 5.01 Å². The lowest BCUT2D eigenvalue weighted by molar-refractivity contribution is -0.385. The number of hydrazone groups is 1. The number of nitrogens with zero attached hydrogens (tertiary/aromatic N) is 3. The molecule has 166 valence electrons. The lowest BCUT2D eigenvalue weighted by Crippen LogP contribution is -2.33. The molecule has 0 aliphatic carbocycles. The molecule has 2 atom stereocenters. The minimum atomic E-state index is -0.573. The second-order valence-electron chi connectivity index (χ2n) is 7.78. The van der Waals surface area contributed by atoms with Gasteiger partial charge in [-0.3, -0.25) is 10.1 Å². The molecule has 3 aromatic rings. The number of halogens is 1. The van der Waals surface area contributed by atoms with Crippen molar-refractivity contribution in [2.75, 3.05) is 6.61 Å². The maximum atomic E-state index is 11.3. The second kappa shape index (κ2) is 8.71. The first-order valence-corrected chi connectivity index (χ1v) is 11.2. The summed E-state index contributed by atoms with van der Waals surface area (Å²) >= 11 is 3.55. The number of non-ortho nitro benzene ring substituents is 1. The molecule has 0 amide bonds. The van der Waals surface area contributed by atoms with Crippen molar-refractivity contribution in [3.05, 3.63) is 111 Å². The number of nitro benzene ring substituents is 1. The number of fused-ring (bicyclic) bond motifs is 3. The van der Waals surface area contributed by atoms with Crippen LogP contribution in [0.1, 0.15) is 35.4 Å². The van der Waals surface area contributed by atoms with Crippen LogP contribution in [-0.4, -0.2) is 22.3 Å². The third kappa shape index (κ3) is 4.09. The van der Waals surface area contributed by atoms with Crippen molar-refractivity contribution in [3.63, 3.8) is 0 Å².